The lowest BCUT2D eigenvalue weighted by atomic mass is 9.93. The van der Waals surface area contributed by atoms with Crippen LogP contribution in [-0.2, 0) is 0 Å². The Balaban J connectivity index is 0.900. The molecule has 0 fully saturated rings. The smallest absolute Gasteiger partial charge is 0.160 e. The second kappa shape index (κ2) is 17.0. The summed E-state index contributed by atoms with van der Waals surface area (Å²) >= 11 is 0. The molecule has 316 valence electrons. The summed E-state index contributed by atoms with van der Waals surface area (Å²) in [6.45, 7) is 8.69. The number of nitrogens with zero attached hydrogens (tertiary/aromatic N) is 4. The van der Waals surface area contributed by atoms with Crippen LogP contribution in [0.15, 0.2) is 218 Å². The molecule has 0 saturated carbocycles. The van der Waals surface area contributed by atoms with E-state index < -0.39 is 0 Å². The second-order valence-electron chi connectivity index (χ2n) is 17.4. The number of rotatable bonds is 9. The van der Waals surface area contributed by atoms with Gasteiger partial charge in [-0.25, -0.2) is 9.97 Å². The van der Waals surface area contributed by atoms with Gasteiger partial charge in [0.1, 0.15) is 0 Å². The highest BCUT2D eigenvalue weighted by Crippen LogP contribution is 2.41. The van der Waals surface area contributed by atoms with E-state index in [2.05, 4.69) is 256 Å². The van der Waals surface area contributed by atoms with Gasteiger partial charge in [0.15, 0.2) is 5.82 Å². The van der Waals surface area contributed by atoms with Crippen molar-refractivity contribution in [1.29, 1.82) is 0 Å². The summed E-state index contributed by atoms with van der Waals surface area (Å²) < 4.78 is 2.43. The Labute approximate surface area is 386 Å². The van der Waals surface area contributed by atoms with Crippen LogP contribution < -0.4 is 4.90 Å². The first-order valence-corrected chi connectivity index (χ1v) is 22.6. The fraction of sp³-hybridized carbons (Fsp3) is 0.0645. The molecule has 2 aromatic heterocycles. The van der Waals surface area contributed by atoms with Crippen LogP contribution in [0.5, 0.6) is 0 Å². The summed E-state index contributed by atoms with van der Waals surface area (Å²) in [4.78, 5) is 12.4. The van der Waals surface area contributed by atoms with Gasteiger partial charge in [0.25, 0.3) is 0 Å². The molecular weight excluding hydrogens is 801 g/mol. The van der Waals surface area contributed by atoms with Gasteiger partial charge in [-0.05, 0) is 128 Å². The average Bonchev–Trinajstić information content (AvgIpc) is 3.69. The zero-order chi connectivity index (χ0) is 44.7. The number of hydrogen-bond donors (Lipinski definition) is 0. The molecule has 0 radical (unpaired) electrons. The van der Waals surface area contributed by atoms with Gasteiger partial charge in [-0.1, -0.05) is 163 Å². The molecular formula is C62H48N4. The number of fused-ring (bicyclic) bond motifs is 3. The molecule has 0 amide bonds. The maximum Gasteiger partial charge on any atom is 0.160 e. The lowest BCUT2D eigenvalue weighted by Crippen LogP contribution is -2.09. The van der Waals surface area contributed by atoms with Crippen molar-refractivity contribution in [2.24, 2.45) is 0 Å². The van der Waals surface area contributed by atoms with Gasteiger partial charge in [-0.15, -0.1) is 0 Å². The van der Waals surface area contributed by atoms with E-state index in [-0.39, 0.29) is 0 Å². The maximum atomic E-state index is 5.08. The topological polar surface area (TPSA) is 34.0 Å². The Morgan fingerprint density at radius 2 is 0.803 bits per heavy atom. The lowest BCUT2D eigenvalue weighted by Gasteiger charge is -2.25. The normalized spacial score (nSPS) is 11.3. The molecule has 66 heavy (non-hydrogen) atoms. The van der Waals surface area contributed by atoms with E-state index in [1.54, 1.807) is 0 Å². The van der Waals surface area contributed by atoms with E-state index in [0.29, 0.717) is 0 Å². The van der Waals surface area contributed by atoms with Crippen LogP contribution in [0.2, 0.25) is 0 Å². The quantitative estimate of drug-likeness (QED) is 0.145. The highest BCUT2D eigenvalue weighted by molar-refractivity contribution is 6.10. The zero-order valence-electron chi connectivity index (χ0n) is 37.6. The Bertz CT molecular complexity index is 3390. The molecule has 0 aliphatic carbocycles. The van der Waals surface area contributed by atoms with Gasteiger partial charge in [0, 0.05) is 50.2 Å². The molecule has 4 heteroatoms. The first-order chi connectivity index (χ1) is 32.3. The minimum atomic E-state index is 0.722. The SMILES string of the molecule is Cc1ccc(-c2cc(-c3ccc(-c4ccc(-c5c(C)cc(-n6c7ccccc7c7cc(N(c8ccccc8)c8ccccc8)ccc76)cc5C)cc4)cc3)nc(-c3ccc(C)cc3)n2)cc1. The van der Waals surface area contributed by atoms with Crippen molar-refractivity contribution in [3.8, 4) is 61.8 Å². The fourth-order valence-corrected chi connectivity index (χ4v) is 9.47. The van der Waals surface area contributed by atoms with Crippen LogP contribution >= 0.6 is 0 Å². The molecule has 11 aromatic rings. The van der Waals surface area contributed by atoms with Crippen molar-refractivity contribution < 1.29 is 0 Å². The summed E-state index contributed by atoms with van der Waals surface area (Å²) in [6, 6.07) is 78.4. The minimum Gasteiger partial charge on any atom is -0.310 e. The van der Waals surface area contributed by atoms with Crippen LogP contribution in [0, 0.1) is 27.7 Å². The van der Waals surface area contributed by atoms with E-state index in [4.69, 9.17) is 9.97 Å². The van der Waals surface area contributed by atoms with Gasteiger partial charge in [-0.3, -0.25) is 0 Å². The van der Waals surface area contributed by atoms with Crippen LogP contribution in [0.3, 0.4) is 0 Å². The first-order valence-electron chi connectivity index (χ1n) is 22.6. The molecule has 0 N–H and O–H groups in total. The van der Waals surface area contributed by atoms with Crippen molar-refractivity contribution in [2.45, 2.75) is 27.7 Å². The molecule has 0 saturated heterocycles. The van der Waals surface area contributed by atoms with Crippen molar-refractivity contribution in [3.63, 3.8) is 0 Å². The summed E-state index contributed by atoms with van der Waals surface area (Å²) in [5.74, 6) is 0.722. The third-order valence-corrected chi connectivity index (χ3v) is 12.8. The summed E-state index contributed by atoms with van der Waals surface area (Å²) in [6.07, 6.45) is 0. The maximum absolute atomic E-state index is 5.08. The van der Waals surface area contributed by atoms with Gasteiger partial charge >= 0.3 is 0 Å². The second-order valence-corrected chi connectivity index (χ2v) is 17.4. The number of aromatic nitrogens is 3. The summed E-state index contributed by atoms with van der Waals surface area (Å²) in [5, 5.41) is 2.45. The first kappa shape index (κ1) is 40.4. The minimum absolute atomic E-state index is 0.722. The lowest BCUT2D eigenvalue weighted by molar-refractivity contribution is 1.16. The fourth-order valence-electron chi connectivity index (χ4n) is 9.47. The molecule has 2 heterocycles. The van der Waals surface area contributed by atoms with E-state index >= 15 is 0 Å². The van der Waals surface area contributed by atoms with Crippen molar-refractivity contribution in [2.75, 3.05) is 4.90 Å². The van der Waals surface area contributed by atoms with E-state index in [1.807, 2.05) is 0 Å². The van der Waals surface area contributed by atoms with Gasteiger partial charge in [0.05, 0.1) is 22.4 Å². The standard InChI is InChI=1S/C62H48N4/c1-41-19-23-47(24-20-41)57-40-58(64-62(63-57)50-25-21-42(2)22-26-50)48-31-27-45(28-32-48)46-29-33-49(34-30-46)61-43(3)37-54(38-44(61)4)66-59-18-12-11-17-55(59)56-39-53(35-36-60(56)66)65(51-13-7-5-8-14-51)52-15-9-6-10-16-52/h5-40H,1-4H3. The van der Waals surface area contributed by atoms with Gasteiger partial charge in [0.2, 0.25) is 0 Å². The molecule has 0 aliphatic heterocycles. The van der Waals surface area contributed by atoms with Crippen LogP contribution in [0.1, 0.15) is 22.3 Å². The van der Waals surface area contributed by atoms with Crippen molar-refractivity contribution in [1.82, 2.24) is 14.5 Å². The van der Waals surface area contributed by atoms with Crippen LogP contribution in [0.4, 0.5) is 17.1 Å². The molecule has 0 bridgehead atoms. The monoisotopic (exact) mass is 848 g/mol. The number of hydrogen-bond acceptors (Lipinski definition) is 3. The third-order valence-electron chi connectivity index (χ3n) is 12.8. The number of benzene rings is 9. The molecule has 9 aromatic carbocycles. The summed E-state index contributed by atoms with van der Waals surface area (Å²) in [5.41, 5.74) is 21.6. The van der Waals surface area contributed by atoms with Crippen LogP contribution in [-0.4, -0.2) is 14.5 Å². The van der Waals surface area contributed by atoms with E-state index in [9.17, 15) is 0 Å². The van der Waals surface area contributed by atoms with Crippen molar-refractivity contribution >= 4 is 38.9 Å². The molecule has 0 unspecified atom stereocenters. The number of para-hydroxylation sites is 3. The van der Waals surface area contributed by atoms with Gasteiger partial charge in [-0.2, -0.15) is 0 Å². The largest absolute Gasteiger partial charge is 0.310 e. The molecule has 0 aliphatic rings. The molecule has 0 atom stereocenters. The van der Waals surface area contributed by atoms with Crippen molar-refractivity contribution in [3.05, 3.63) is 241 Å². The molecule has 11 rings (SSSR count). The molecule has 0 spiro atoms. The Morgan fingerprint density at radius 1 is 0.348 bits per heavy atom. The third kappa shape index (κ3) is 7.63. The van der Waals surface area contributed by atoms with E-state index in [0.717, 1.165) is 62.2 Å². The van der Waals surface area contributed by atoms with E-state index in [1.165, 1.54) is 60.8 Å². The molecule has 4 nitrogen and oxygen atoms in total. The summed E-state index contributed by atoms with van der Waals surface area (Å²) in [7, 11) is 0. The Morgan fingerprint density at radius 3 is 1.36 bits per heavy atom. The predicted molar refractivity (Wildman–Crippen MR) is 277 cm³/mol. The number of anilines is 3. The highest BCUT2D eigenvalue weighted by atomic mass is 15.1. The van der Waals surface area contributed by atoms with Crippen LogP contribution in [0.25, 0.3) is 83.6 Å². The Kier molecular flexibility index (Phi) is 10.4. The average molecular weight is 849 g/mol. The van der Waals surface area contributed by atoms with Gasteiger partial charge < -0.3 is 9.47 Å². The predicted octanol–water partition coefficient (Wildman–Crippen LogP) is 16.6. The highest BCUT2D eigenvalue weighted by Gasteiger charge is 2.19. The number of aryl methyl sites for hydroxylation is 4. The Hall–Kier alpha value is -8.34. The zero-order valence-corrected chi connectivity index (χ0v) is 37.6.